The van der Waals surface area contributed by atoms with Gasteiger partial charge in [-0.3, -0.25) is 4.99 Å². The molecule has 0 spiro atoms. The van der Waals surface area contributed by atoms with Crippen molar-refractivity contribution in [1.82, 2.24) is 15.5 Å². The second-order valence-electron chi connectivity index (χ2n) is 5.71. The molecule has 1 aromatic rings. The van der Waals surface area contributed by atoms with E-state index >= 15 is 0 Å². The largest absolute Gasteiger partial charge is 0.356 e. The molecule has 0 bridgehead atoms. The predicted molar refractivity (Wildman–Crippen MR) is 105 cm³/mol. The highest BCUT2D eigenvalue weighted by Crippen LogP contribution is 2.14. The average Bonchev–Trinajstić information content (AvgIpc) is 2.47. The van der Waals surface area contributed by atoms with Crippen LogP contribution in [0, 0.1) is 5.92 Å². The summed E-state index contributed by atoms with van der Waals surface area (Å²) >= 11 is 5.99. The zero-order valence-electron chi connectivity index (χ0n) is 13.3. The first-order valence-electron chi connectivity index (χ1n) is 7.55. The topological polar surface area (TPSA) is 39.7 Å². The molecule has 0 aliphatic carbocycles. The first kappa shape index (κ1) is 19.5. The third kappa shape index (κ3) is 6.71. The van der Waals surface area contributed by atoms with Crippen LogP contribution in [-0.2, 0) is 6.54 Å². The number of likely N-dealkylation sites (tertiary alicyclic amines) is 1. The maximum atomic E-state index is 5.99. The quantitative estimate of drug-likeness (QED) is 0.433. The van der Waals surface area contributed by atoms with E-state index in [9.17, 15) is 0 Å². The van der Waals surface area contributed by atoms with Crippen LogP contribution in [0.5, 0.6) is 0 Å². The van der Waals surface area contributed by atoms with Crippen molar-refractivity contribution in [2.24, 2.45) is 10.9 Å². The number of hydrogen-bond donors (Lipinski definition) is 2. The Morgan fingerprint density at radius 1 is 1.41 bits per heavy atom. The summed E-state index contributed by atoms with van der Waals surface area (Å²) in [6.45, 7) is 4.08. The lowest BCUT2D eigenvalue weighted by Crippen LogP contribution is -2.43. The highest BCUT2D eigenvalue weighted by atomic mass is 127. The van der Waals surface area contributed by atoms with Gasteiger partial charge in [-0.05, 0) is 50.0 Å². The summed E-state index contributed by atoms with van der Waals surface area (Å²) in [7, 11) is 4.00. The van der Waals surface area contributed by atoms with Gasteiger partial charge in [0, 0.05) is 31.7 Å². The molecule has 1 aliphatic heterocycles. The van der Waals surface area contributed by atoms with Crippen LogP contribution in [0.1, 0.15) is 18.4 Å². The van der Waals surface area contributed by atoms with Crippen LogP contribution in [0.25, 0.3) is 0 Å². The summed E-state index contributed by atoms with van der Waals surface area (Å²) < 4.78 is 0. The molecule has 0 saturated carbocycles. The molecule has 1 fully saturated rings. The number of benzene rings is 1. The summed E-state index contributed by atoms with van der Waals surface area (Å²) in [5, 5.41) is 7.52. The van der Waals surface area contributed by atoms with Gasteiger partial charge >= 0.3 is 0 Å². The van der Waals surface area contributed by atoms with Gasteiger partial charge in [0.1, 0.15) is 0 Å². The van der Waals surface area contributed by atoms with Crippen molar-refractivity contribution in [2.75, 3.05) is 33.7 Å². The standard InChI is InChI=1S/C16H25ClN4.HI/c1-18-16(19-10-13-5-3-7-15(17)9-13)20-11-14-6-4-8-21(2)12-14;/h3,5,7,9,14H,4,6,8,10-12H2,1-2H3,(H2,18,19,20);1H. The van der Waals surface area contributed by atoms with Gasteiger partial charge in [0.15, 0.2) is 5.96 Å². The van der Waals surface area contributed by atoms with Crippen molar-refractivity contribution in [3.63, 3.8) is 0 Å². The molecule has 1 aliphatic rings. The van der Waals surface area contributed by atoms with E-state index in [0.29, 0.717) is 5.92 Å². The zero-order valence-corrected chi connectivity index (χ0v) is 16.4. The van der Waals surface area contributed by atoms with Crippen molar-refractivity contribution in [3.05, 3.63) is 34.9 Å². The molecule has 22 heavy (non-hydrogen) atoms. The number of nitrogens with zero attached hydrogens (tertiary/aromatic N) is 2. The summed E-state index contributed by atoms with van der Waals surface area (Å²) in [6, 6.07) is 7.88. The normalized spacial score (nSPS) is 19.4. The fourth-order valence-corrected chi connectivity index (χ4v) is 2.95. The molecule has 1 aromatic carbocycles. The van der Waals surface area contributed by atoms with Crippen molar-refractivity contribution in [2.45, 2.75) is 19.4 Å². The molecule has 2 N–H and O–H groups in total. The number of nitrogens with one attached hydrogen (secondary N) is 2. The molecule has 0 amide bonds. The maximum absolute atomic E-state index is 5.99. The van der Waals surface area contributed by atoms with Crippen molar-refractivity contribution >= 4 is 41.5 Å². The second-order valence-corrected chi connectivity index (χ2v) is 6.14. The molecule has 1 unspecified atom stereocenters. The van der Waals surface area contributed by atoms with Gasteiger partial charge in [-0.1, -0.05) is 23.7 Å². The molecule has 1 atom stereocenters. The van der Waals surface area contributed by atoms with Crippen LogP contribution in [0.4, 0.5) is 0 Å². The molecular weight excluding hydrogens is 411 g/mol. The van der Waals surface area contributed by atoms with E-state index in [2.05, 4.69) is 33.6 Å². The number of guanidine groups is 1. The van der Waals surface area contributed by atoms with E-state index in [1.807, 2.05) is 18.2 Å². The van der Waals surface area contributed by atoms with E-state index in [-0.39, 0.29) is 24.0 Å². The second kappa shape index (κ2) is 10.3. The molecule has 4 nitrogen and oxygen atoms in total. The lowest BCUT2D eigenvalue weighted by molar-refractivity contribution is 0.210. The third-order valence-electron chi connectivity index (χ3n) is 3.85. The lowest BCUT2D eigenvalue weighted by Gasteiger charge is -2.30. The maximum Gasteiger partial charge on any atom is 0.191 e. The van der Waals surface area contributed by atoms with Gasteiger partial charge in [-0.2, -0.15) is 0 Å². The minimum Gasteiger partial charge on any atom is -0.356 e. The Balaban J connectivity index is 0.00000242. The molecule has 0 aromatic heterocycles. The lowest BCUT2D eigenvalue weighted by atomic mass is 9.99. The molecule has 6 heteroatoms. The van der Waals surface area contributed by atoms with Gasteiger partial charge < -0.3 is 15.5 Å². The minimum atomic E-state index is 0. The Hall–Kier alpha value is -0.530. The fraction of sp³-hybridized carbons (Fsp3) is 0.562. The highest BCUT2D eigenvalue weighted by Gasteiger charge is 2.17. The number of rotatable bonds is 4. The Labute approximate surface area is 155 Å². The Bertz CT molecular complexity index is 481. The Morgan fingerprint density at radius 3 is 2.91 bits per heavy atom. The summed E-state index contributed by atoms with van der Waals surface area (Å²) in [5.74, 6) is 1.55. The van der Waals surface area contributed by atoms with Gasteiger partial charge in [0.2, 0.25) is 0 Å². The Kier molecular flexibility index (Phi) is 9.12. The van der Waals surface area contributed by atoms with E-state index in [1.54, 1.807) is 7.05 Å². The summed E-state index contributed by atoms with van der Waals surface area (Å²) in [5.41, 5.74) is 1.16. The van der Waals surface area contributed by atoms with Crippen LogP contribution in [-0.4, -0.2) is 44.6 Å². The van der Waals surface area contributed by atoms with Gasteiger partial charge in [-0.15, -0.1) is 24.0 Å². The SMILES string of the molecule is CN=C(NCc1cccc(Cl)c1)NCC1CCCN(C)C1.I. The van der Waals surface area contributed by atoms with E-state index in [4.69, 9.17) is 11.6 Å². The summed E-state index contributed by atoms with van der Waals surface area (Å²) in [6.07, 6.45) is 2.58. The smallest absolute Gasteiger partial charge is 0.191 e. The van der Waals surface area contributed by atoms with Crippen LogP contribution in [0.3, 0.4) is 0 Å². The van der Waals surface area contributed by atoms with Crippen LogP contribution in [0.15, 0.2) is 29.3 Å². The molecule has 1 saturated heterocycles. The van der Waals surface area contributed by atoms with E-state index < -0.39 is 0 Å². The van der Waals surface area contributed by atoms with Crippen LogP contribution in [0.2, 0.25) is 5.02 Å². The van der Waals surface area contributed by atoms with Crippen molar-refractivity contribution in [3.8, 4) is 0 Å². The Morgan fingerprint density at radius 2 is 2.23 bits per heavy atom. The first-order valence-corrected chi connectivity index (χ1v) is 7.92. The summed E-state index contributed by atoms with van der Waals surface area (Å²) in [4.78, 5) is 6.68. The molecule has 0 radical (unpaired) electrons. The van der Waals surface area contributed by atoms with Crippen molar-refractivity contribution in [1.29, 1.82) is 0 Å². The number of piperidine rings is 1. The molecule has 124 valence electrons. The minimum absolute atomic E-state index is 0. The average molecular weight is 437 g/mol. The molecule has 2 rings (SSSR count). The van der Waals surface area contributed by atoms with Crippen molar-refractivity contribution < 1.29 is 0 Å². The third-order valence-corrected chi connectivity index (χ3v) is 4.09. The number of aliphatic imine (C=N–C) groups is 1. The number of halogens is 2. The predicted octanol–water partition coefficient (Wildman–Crippen LogP) is 2.96. The fourth-order valence-electron chi connectivity index (χ4n) is 2.73. The first-order chi connectivity index (χ1) is 10.2. The zero-order chi connectivity index (χ0) is 15.1. The highest BCUT2D eigenvalue weighted by molar-refractivity contribution is 14.0. The van der Waals surface area contributed by atoms with Gasteiger partial charge in [0.05, 0.1) is 0 Å². The van der Waals surface area contributed by atoms with E-state index in [1.165, 1.54) is 19.4 Å². The monoisotopic (exact) mass is 436 g/mol. The van der Waals surface area contributed by atoms with Crippen LogP contribution < -0.4 is 10.6 Å². The molecular formula is C16H26ClIN4. The van der Waals surface area contributed by atoms with E-state index in [0.717, 1.165) is 36.2 Å². The van der Waals surface area contributed by atoms with Gasteiger partial charge in [-0.25, -0.2) is 0 Å². The molecule has 1 heterocycles. The van der Waals surface area contributed by atoms with Crippen LogP contribution >= 0.6 is 35.6 Å². The van der Waals surface area contributed by atoms with Gasteiger partial charge in [0.25, 0.3) is 0 Å². The number of hydrogen-bond acceptors (Lipinski definition) is 2.